The molecule has 0 bridgehead atoms. The maximum atomic E-state index is 6.24. The zero-order chi connectivity index (χ0) is 11.5. The highest BCUT2D eigenvalue weighted by Gasteiger charge is 2.32. The smallest absolute Gasteiger partial charge is 0.0964 e. The Morgan fingerprint density at radius 1 is 0.941 bits per heavy atom. The molecule has 0 aromatic rings. The molecule has 1 aliphatic carbocycles. The van der Waals surface area contributed by atoms with Gasteiger partial charge in [0.25, 0.3) is 0 Å². The van der Waals surface area contributed by atoms with Gasteiger partial charge < -0.3 is 14.8 Å². The average molecular weight is 239 g/mol. The van der Waals surface area contributed by atoms with Crippen molar-refractivity contribution < 1.29 is 9.47 Å². The minimum Gasteiger partial charge on any atom is -0.375 e. The van der Waals surface area contributed by atoms with E-state index in [1.54, 1.807) is 0 Å². The Kier molecular flexibility index (Phi) is 3.99. The molecule has 2 heterocycles. The molecule has 0 aromatic carbocycles. The Labute approximate surface area is 104 Å². The molecule has 3 aliphatic rings. The van der Waals surface area contributed by atoms with Crippen molar-refractivity contribution in [2.45, 2.75) is 63.3 Å². The molecule has 0 spiro atoms. The van der Waals surface area contributed by atoms with Gasteiger partial charge in [0.1, 0.15) is 0 Å². The van der Waals surface area contributed by atoms with Gasteiger partial charge in [-0.25, -0.2) is 0 Å². The predicted molar refractivity (Wildman–Crippen MR) is 67.1 cm³/mol. The van der Waals surface area contributed by atoms with Crippen LogP contribution in [0.5, 0.6) is 0 Å². The van der Waals surface area contributed by atoms with Crippen molar-refractivity contribution in [1.29, 1.82) is 0 Å². The van der Waals surface area contributed by atoms with Gasteiger partial charge in [0, 0.05) is 19.7 Å². The van der Waals surface area contributed by atoms with Crippen molar-refractivity contribution in [3.8, 4) is 0 Å². The molecule has 0 amide bonds. The first-order valence-electron chi connectivity index (χ1n) is 7.39. The summed E-state index contributed by atoms with van der Waals surface area (Å²) in [6, 6.07) is 0. The fraction of sp³-hybridized carbons (Fsp3) is 1.00. The summed E-state index contributed by atoms with van der Waals surface area (Å²) in [5.74, 6) is 0.921. The van der Waals surface area contributed by atoms with Crippen LogP contribution in [0.3, 0.4) is 0 Å². The molecule has 2 aliphatic heterocycles. The van der Waals surface area contributed by atoms with E-state index in [-0.39, 0.29) is 0 Å². The van der Waals surface area contributed by atoms with Gasteiger partial charge in [0.15, 0.2) is 0 Å². The maximum absolute atomic E-state index is 6.24. The summed E-state index contributed by atoms with van der Waals surface area (Å²) in [5.41, 5.74) is 0. The molecule has 3 fully saturated rings. The van der Waals surface area contributed by atoms with E-state index in [1.807, 2.05) is 0 Å². The van der Waals surface area contributed by atoms with Crippen LogP contribution in [-0.4, -0.2) is 38.0 Å². The SMILES string of the molecule is C1CCC(CC2CNCC(C3CCCO3)O2)C1. The van der Waals surface area contributed by atoms with Crippen molar-refractivity contribution in [1.82, 2.24) is 5.32 Å². The number of morpholine rings is 1. The lowest BCUT2D eigenvalue weighted by atomic mass is 9.98. The van der Waals surface area contributed by atoms with Gasteiger partial charge in [-0.1, -0.05) is 25.7 Å². The van der Waals surface area contributed by atoms with Crippen LogP contribution in [0.4, 0.5) is 0 Å². The van der Waals surface area contributed by atoms with Gasteiger partial charge in [0.05, 0.1) is 18.3 Å². The second kappa shape index (κ2) is 5.68. The summed E-state index contributed by atoms with van der Waals surface area (Å²) >= 11 is 0. The van der Waals surface area contributed by atoms with Gasteiger partial charge in [0.2, 0.25) is 0 Å². The van der Waals surface area contributed by atoms with Crippen LogP contribution in [0.15, 0.2) is 0 Å². The van der Waals surface area contributed by atoms with Gasteiger partial charge in [-0.2, -0.15) is 0 Å². The largest absolute Gasteiger partial charge is 0.375 e. The molecule has 1 saturated carbocycles. The van der Waals surface area contributed by atoms with Crippen molar-refractivity contribution in [2.24, 2.45) is 5.92 Å². The van der Waals surface area contributed by atoms with Crippen LogP contribution >= 0.6 is 0 Å². The van der Waals surface area contributed by atoms with Gasteiger partial charge in [-0.3, -0.25) is 0 Å². The summed E-state index contributed by atoms with van der Waals surface area (Å²) in [7, 11) is 0. The highest BCUT2D eigenvalue weighted by Crippen LogP contribution is 2.30. The number of nitrogens with one attached hydrogen (secondary N) is 1. The van der Waals surface area contributed by atoms with Crippen molar-refractivity contribution in [2.75, 3.05) is 19.7 Å². The minimum absolute atomic E-state index is 0.303. The van der Waals surface area contributed by atoms with Crippen LogP contribution in [0.25, 0.3) is 0 Å². The molecular formula is C14H25NO2. The fourth-order valence-corrected chi connectivity index (χ4v) is 3.60. The topological polar surface area (TPSA) is 30.5 Å². The van der Waals surface area contributed by atoms with Crippen LogP contribution in [0.2, 0.25) is 0 Å². The number of ether oxygens (including phenoxy) is 2. The summed E-state index contributed by atoms with van der Waals surface area (Å²) in [6.45, 7) is 2.95. The molecule has 3 heteroatoms. The molecule has 0 aromatic heterocycles. The van der Waals surface area contributed by atoms with E-state index >= 15 is 0 Å². The normalized spacial score (nSPS) is 39.9. The molecule has 98 valence electrons. The first kappa shape index (κ1) is 11.9. The first-order valence-corrected chi connectivity index (χ1v) is 7.39. The lowest BCUT2D eigenvalue weighted by Crippen LogP contribution is -2.49. The monoisotopic (exact) mass is 239 g/mol. The van der Waals surface area contributed by atoms with E-state index in [0.717, 1.165) is 25.6 Å². The van der Waals surface area contributed by atoms with E-state index in [0.29, 0.717) is 18.3 Å². The molecule has 3 nitrogen and oxygen atoms in total. The zero-order valence-corrected chi connectivity index (χ0v) is 10.7. The molecule has 3 atom stereocenters. The Hall–Kier alpha value is -0.120. The highest BCUT2D eigenvalue weighted by atomic mass is 16.6. The first-order chi connectivity index (χ1) is 8.42. The molecule has 1 N–H and O–H groups in total. The molecule has 3 unspecified atom stereocenters. The van der Waals surface area contributed by atoms with Crippen LogP contribution in [0.1, 0.15) is 44.9 Å². The zero-order valence-electron chi connectivity index (χ0n) is 10.7. The van der Waals surface area contributed by atoms with Crippen LogP contribution in [-0.2, 0) is 9.47 Å². The molecular weight excluding hydrogens is 214 g/mol. The van der Waals surface area contributed by atoms with E-state index in [4.69, 9.17) is 9.47 Å². The predicted octanol–water partition coefficient (Wildman–Crippen LogP) is 2.10. The molecule has 3 rings (SSSR count). The average Bonchev–Trinajstić information content (AvgIpc) is 3.01. The number of rotatable bonds is 3. The maximum Gasteiger partial charge on any atom is 0.0964 e. The minimum atomic E-state index is 0.303. The second-order valence-corrected chi connectivity index (χ2v) is 5.89. The van der Waals surface area contributed by atoms with Gasteiger partial charge in [-0.05, 0) is 25.2 Å². The van der Waals surface area contributed by atoms with E-state index in [1.165, 1.54) is 44.9 Å². The summed E-state index contributed by atoms with van der Waals surface area (Å²) < 4.78 is 12.0. The third-order valence-corrected chi connectivity index (χ3v) is 4.54. The standard InChI is InChI=1S/C14H25NO2/c1-2-5-11(4-1)8-12-9-15-10-14(17-12)13-6-3-7-16-13/h11-15H,1-10H2. The van der Waals surface area contributed by atoms with E-state index < -0.39 is 0 Å². The van der Waals surface area contributed by atoms with Crippen LogP contribution < -0.4 is 5.32 Å². The number of hydrogen-bond acceptors (Lipinski definition) is 3. The van der Waals surface area contributed by atoms with E-state index in [9.17, 15) is 0 Å². The second-order valence-electron chi connectivity index (χ2n) is 5.89. The molecule has 17 heavy (non-hydrogen) atoms. The third kappa shape index (κ3) is 3.01. The number of hydrogen-bond donors (Lipinski definition) is 1. The van der Waals surface area contributed by atoms with Crippen molar-refractivity contribution in [3.05, 3.63) is 0 Å². The van der Waals surface area contributed by atoms with Gasteiger partial charge >= 0.3 is 0 Å². The summed E-state index contributed by atoms with van der Waals surface area (Å²) in [4.78, 5) is 0. The Bertz CT molecular complexity index is 234. The van der Waals surface area contributed by atoms with Crippen molar-refractivity contribution >= 4 is 0 Å². The Morgan fingerprint density at radius 2 is 1.82 bits per heavy atom. The Morgan fingerprint density at radius 3 is 2.59 bits per heavy atom. The fourth-order valence-electron chi connectivity index (χ4n) is 3.60. The quantitative estimate of drug-likeness (QED) is 0.818. The Balaban J connectivity index is 1.48. The van der Waals surface area contributed by atoms with Gasteiger partial charge in [-0.15, -0.1) is 0 Å². The summed E-state index contributed by atoms with van der Waals surface area (Å²) in [6.07, 6.45) is 10.4. The lowest BCUT2D eigenvalue weighted by Gasteiger charge is -2.34. The third-order valence-electron chi connectivity index (χ3n) is 4.54. The van der Waals surface area contributed by atoms with Crippen LogP contribution in [0, 0.1) is 5.92 Å². The molecule has 0 radical (unpaired) electrons. The van der Waals surface area contributed by atoms with Crippen molar-refractivity contribution in [3.63, 3.8) is 0 Å². The molecule has 2 saturated heterocycles. The highest BCUT2D eigenvalue weighted by molar-refractivity contribution is 4.84. The summed E-state index contributed by atoms with van der Waals surface area (Å²) in [5, 5.41) is 3.53. The van der Waals surface area contributed by atoms with E-state index in [2.05, 4.69) is 5.32 Å². The lowest BCUT2D eigenvalue weighted by molar-refractivity contribution is -0.106.